The van der Waals surface area contributed by atoms with Gasteiger partial charge in [-0.25, -0.2) is 4.98 Å². The Balaban J connectivity index is 0.00000225. The molecule has 25 heavy (non-hydrogen) atoms. The molecule has 0 saturated heterocycles. The SMILES string of the molecule is CC(C)N=C(N)c1ccc(C(=O)Nc2nc3ccccc3s2)cc1.Cl. The van der Waals surface area contributed by atoms with E-state index in [1.807, 2.05) is 38.1 Å². The summed E-state index contributed by atoms with van der Waals surface area (Å²) in [6.45, 7) is 3.93. The smallest absolute Gasteiger partial charge is 0.257 e. The summed E-state index contributed by atoms with van der Waals surface area (Å²) in [6, 6.07) is 15.0. The number of amidine groups is 1. The molecule has 130 valence electrons. The van der Waals surface area contributed by atoms with Gasteiger partial charge in [-0.3, -0.25) is 15.1 Å². The normalized spacial score (nSPS) is 11.4. The molecule has 1 amide bonds. The molecular weight excluding hydrogens is 356 g/mol. The number of anilines is 1. The van der Waals surface area contributed by atoms with Crippen molar-refractivity contribution in [3.05, 3.63) is 59.7 Å². The maximum atomic E-state index is 12.3. The van der Waals surface area contributed by atoms with Crippen LogP contribution in [0.3, 0.4) is 0 Å². The van der Waals surface area contributed by atoms with E-state index < -0.39 is 0 Å². The van der Waals surface area contributed by atoms with Crippen molar-refractivity contribution in [3.63, 3.8) is 0 Å². The Morgan fingerprint density at radius 1 is 1.12 bits per heavy atom. The van der Waals surface area contributed by atoms with Crippen LogP contribution in [0, 0.1) is 0 Å². The number of hydrogen-bond acceptors (Lipinski definition) is 4. The van der Waals surface area contributed by atoms with Crippen molar-refractivity contribution in [1.29, 1.82) is 0 Å². The molecule has 3 N–H and O–H groups in total. The Hall–Kier alpha value is -2.44. The number of para-hydroxylation sites is 1. The maximum Gasteiger partial charge on any atom is 0.257 e. The predicted molar refractivity (Wildman–Crippen MR) is 107 cm³/mol. The molecule has 7 heteroatoms. The molecule has 2 aromatic carbocycles. The summed E-state index contributed by atoms with van der Waals surface area (Å²) < 4.78 is 1.04. The summed E-state index contributed by atoms with van der Waals surface area (Å²) in [5.74, 6) is 0.281. The number of fused-ring (bicyclic) bond motifs is 1. The molecule has 0 radical (unpaired) electrons. The fraction of sp³-hybridized carbons (Fsp3) is 0.167. The van der Waals surface area contributed by atoms with Crippen LogP contribution in [0.2, 0.25) is 0 Å². The van der Waals surface area contributed by atoms with Crippen LogP contribution in [0.25, 0.3) is 10.2 Å². The van der Waals surface area contributed by atoms with Crippen LogP contribution >= 0.6 is 23.7 Å². The third kappa shape index (κ3) is 4.55. The summed E-state index contributed by atoms with van der Waals surface area (Å²) >= 11 is 1.45. The number of rotatable bonds is 4. The minimum Gasteiger partial charge on any atom is -0.383 e. The van der Waals surface area contributed by atoms with E-state index in [0.29, 0.717) is 16.5 Å². The molecule has 0 aliphatic heterocycles. The molecule has 1 heterocycles. The average molecular weight is 375 g/mol. The standard InChI is InChI=1S/C18H18N4OS.ClH/c1-11(2)20-16(19)12-7-9-13(10-8-12)17(23)22-18-21-14-5-3-4-6-15(14)24-18;/h3-11H,1-2H3,(H2,19,20)(H,21,22,23);1H. The Morgan fingerprint density at radius 3 is 2.40 bits per heavy atom. The average Bonchev–Trinajstić information content (AvgIpc) is 2.96. The topological polar surface area (TPSA) is 80.4 Å². The number of aromatic nitrogens is 1. The molecule has 0 fully saturated rings. The fourth-order valence-electron chi connectivity index (χ4n) is 2.24. The van der Waals surface area contributed by atoms with Crippen molar-refractivity contribution < 1.29 is 4.79 Å². The molecule has 3 rings (SSSR count). The van der Waals surface area contributed by atoms with Crippen molar-refractivity contribution in [2.45, 2.75) is 19.9 Å². The number of thiazole rings is 1. The van der Waals surface area contributed by atoms with Gasteiger partial charge >= 0.3 is 0 Å². The largest absolute Gasteiger partial charge is 0.383 e. The first-order valence-corrected chi connectivity index (χ1v) is 8.45. The van der Waals surface area contributed by atoms with Crippen LogP contribution < -0.4 is 11.1 Å². The number of hydrogen-bond donors (Lipinski definition) is 2. The van der Waals surface area contributed by atoms with Crippen LogP contribution in [0.1, 0.15) is 29.8 Å². The molecular formula is C18H19ClN4OS. The van der Waals surface area contributed by atoms with Crippen molar-refractivity contribution in [2.75, 3.05) is 5.32 Å². The van der Waals surface area contributed by atoms with Crippen molar-refractivity contribution in [1.82, 2.24) is 4.98 Å². The highest BCUT2D eigenvalue weighted by Gasteiger charge is 2.10. The quantitative estimate of drug-likeness (QED) is 0.533. The summed E-state index contributed by atoms with van der Waals surface area (Å²) in [5.41, 5.74) is 8.17. The van der Waals surface area contributed by atoms with E-state index in [2.05, 4.69) is 15.3 Å². The molecule has 5 nitrogen and oxygen atoms in total. The Bertz CT molecular complexity index is 870. The molecule has 0 unspecified atom stereocenters. The van der Waals surface area contributed by atoms with Gasteiger partial charge in [-0.1, -0.05) is 35.6 Å². The van der Waals surface area contributed by atoms with Gasteiger partial charge in [0.1, 0.15) is 5.84 Å². The number of carbonyl (C=O) groups is 1. The van der Waals surface area contributed by atoms with Gasteiger partial charge in [0.15, 0.2) is 5.13 Å². The Morgan fingerprint density at radius 2 is 1.76 bits per heavy atom. The molecule has 0 saturated carbocycles. The van der Waals surface area contributed by atoms with Crippen LogP contribution in [-0.2, 0) is 0 Å². The summed E-state index contributed by atoms with van der Waals surface area (Å²) in [4.78, 5) is 21.0. The number of amides is 1. The van der Waals surface area contributed by atoms with Gasteiger partial charge in [-0.2, -0.15) is 0 Å². The van der Waals surface area contributed by atoms with Gasteiger partial charge in [0.05, 0.1) is 10.2 Å². The second kappa shape index (κ2) is 8.09. The number of nitrogens with zero attached hydrogens (tertiary/aromatic N) is 2. The number of nitrogens with one attached hydrogen (secondary N) is 1. The van der Waals surface area contributed by atoms with E-state index in [1.54, 1.807) is 24.3 Å². The molecule has 0 aliphatic carbocycles. The van der Waals surface area contributed by atoms with Crippen molar-refractivity contribution in [2.24, 2.45) is 10.7 Å². The zero-order valence-corrected chi connectivity index (χ0v) is 15.5. The van der Waals surface area contributed by atoms with Crippen molar-refractivity contribution in [3.8, 4) is 0 Å². The molecule has 0 spiro atoms. The lowest BCUT2D eigenvalue weighted by Crippen LogP contribution is -2.16. The number of halogens is 1. The van der Waals surface area contributed by atoms with Gasteiger partial charge in [0, 0.05) is 17.2 Å². The van der Waals surface area contributed by atoms with E-state index in [-0.39, 0.29) is 24.4 Å². The number of nitrogens with two attached hydrogens (primary N) is 1. The lowest BCUT2D eigenvalue weighted by atomic mass is 10.1. The fourth-order valence-corrected chi connectivity index (χ4v) is 3.10. The van der Waals surface area contributed by atoms with Crippen LogP contribution in [0.5, 0.6) is 0 Å². The molecule has 0 atom stereocenters. The zero-order chi connectivity index (χ0) is 17.1. The highest BCUT2D eigenvalue weighted by molar-refractivity contribution is 7.22. The van der Waals surface area contributed by atoms with E-state index in [4.69, 9.17) is 5.73 Å². The highest BCUT2D eigenvalue weighted by Crippen LogP contribution is 2.25. The van der Waals surface area contributed by atoms with Crippen molar-refractivity contribution >= 4 is 50.8 Å². The minimum absolute atomic E-state index is 0. The van der Waals surface area contributed by atoms with Gasteiger partial charge in [-0.05, 0) is 38.1 Å². The number of carbonyl (C=O) groups excluding carboxylic acids is 1. The summed E-state index contributed by atoms with van der Waals surface area (Å²) in [7, 11) is 0. The number of aliphatic imine (C=N–C) groups is 1. The number of benzene rings is 2. The first-order chi connectivity index (χ1) is 11.5. The second-order valence-corrected chi connectivity index (χ2v) is 6.66. The van der Waals surface area contributed by atoms with Crippen LogP contribution in [-0.4, -0.2) is 22.8 Å². The zero-order valence-electron chi connectivity index (χ0n) is 13.9. The molecule has 1 aromatic heterocycles. The van der Waals surface area contributed by atoms with Gasteiger partial charge < -0.3 is 5.73 Å². The lowest BCUT2D eigenvalue weighted by molar-refractivity contribution is 0.102. The Kier molecular flexibility index (Phi) is 6.12. The second-order valence-electron chi connectivity index (χ2n) is 5.63. The summed E-state index contributed by atoms with van der Waals surface area (Å²) in [5, 5.41) is 3.42. The predicted octanol–water partition coefficient (Wildman–Crippen LogP) is 4.08. The van der Waals surface area contributed by atoms with Gasteiger partial charge in [-0.15, -0.1) is 12.4 Å². The van der Waals surface area contributed by atoms with E-state index >= 15 is 0 Å². The van der Waals surface area contributed by atoms with E-state index in [9.17, 15) is 4.79 Å². The molecule has 3 aromatic rings. The van der Waals surface area contributed by atoms with E-state index in [0.717, 1.165) is 15.8 Å². The maximum absolute atomic E-state index is 12.3. The highest BCUT2D eigenvalue weighted by atomic mass is 35.5. The van der Waals surface area contributed by atoms with E-state index in [1.165, 1.54) is 11.3 Å². The molecule has 0 aliphatic rings. The Labute approximate surface area is 156 Å². The monoisotopic (exact) mass is 374 g/mol. The van der Waals surface area contributed by atoms with Gasteiger partial charge in [0.2, 0.25) is 0 Å². The third-order valence-electron chi connectivity index (χ3n) is 3.35. The van der Waals surface area contributed by atoms with Gasteiger partial charge in [0.25, 0.3) is 5.91 Å². The minimum atomic E-state index is -0.194. The van der Waals surface area contributed by atoms with Crippen LogP contribution in [0.15, 0.2) is 53.5 Å². The van der Waals surface area contributed by atoms with Crippen LogP contribution in [0.4, 0.5) is 5.13 Å². The molecule has 0 bridgehead atoms. The first-order valence-electron chi connectivity index (χ1n) is 7.63. The third-order valence-corrected chi connectivity index (χ3v) is 4.31. The first kappa shape index (κ1) is 18.9. The lowest BCUT2D eigenvalue weighted by Gasteiger charge is -2.05. The summed E-state index contributed by atoms with van der Waals surface area (Å²) in [6.07, 6.45) is 0.